The third kappa shape index (κ3) is 2.82. The second-order valence-corrected chi connectivity index (χ2v) is 8.49. The number of carbonyl (C=O) groups is 3. The van der Waals surface area contributed by atoms with Gasteiger partial charge >= 0.3 is 6.09 Å². The molecule has 1 spiro atoms. The van der Waals surface area contributed by atoms with Crippen molar-refractivity contribution < 1.29 is 19.5 Å². The zero-order valence-electron chi connectivity index (χ0n) is 16.0. The molecular formula is C22H18Cl2N2O4. The molecule has 0 radical (unpaired) electrons. The van der Waals surface area contributed by atoms with Crippen molar-refractivity contribution in [2.24, 2.45) is 0 Å². The molecule has 0 aromatic heterocycles. The van der Waals surface area contributed by atoms with Gasteiger partial charge in [0.05, 0.1) is 11.7 Å². The van der Waals surface area contributed by atoms with Crippen molar-refractivity contribution in [2.75, 3.05) is 4.90 Å². The lowest BCUT2D eigenvalue weighted by molar-refractivity contribution is -0.131. The van der Waals surface area contributed by atoms with Crippen LogP contribution in [0.3, 0.4) is 0 Å². The number of nitrogens with one attached hydrogen (secondary N) is 1. The van der Waals surface area contributed by atoms with E-state index in [2.05, 4.69) is 11.9 Å². The zero-order valence-corrected chi connectivity index (χ0v) is 17.5. The fraction of sp³-hybridized carbons (Fsp3) is 0.227. The Morgan fingerprint density at radius 2 is 1.90 bits per heavy atom. The van der Waals surface area contributed by atoms with Crippen LogP contribution < -0.4 is 10.2 Å². The Labute approximate surface area is 183 Å². The molecule has 2 aromatic rings. The fourth-order valence-electron chi connectivity index (χ4n) is 4.75. The van der Waals surface area contributed by atoms with Gasteiger partial charge in [-0.1, -0.05) is 53.6 Å². The first-order valence-electron chi connectivity index (χ1n) is 9.25. The van der Waals surface area contributed by atoms with Gasteiger partial charge < -0.3 is 10.4 Å². The summed E-state index contributed by atoms with van der Waals surface area (Å²) in [5.41, 5.74) is 0.483. The maximum Gasteiger partial charge on any atom is 0.418 e. The normalized spacial score (nSPS) is 25.2. The lowest BCUT2D eigenvalue weighted by atomic mass is 9.59. The number of carboxylic acid groups (broad SMARTS) is 1. The van der Waals surface area contributed by atoms with E-state index in [0.29, 0.717) is 31.6 Å². The van der Waals surface area contributed by atoms with Gasteiger partial charge in [-0.15, -0.1) is 0 Å². The van der Waals surface area contributed by atoms with Crippen LogP contribution in [0.5, 0.6) is 0 Å². The van der Waals surface area contributed by atoms with Crippen LogP contribution in [0.4, 0.5) is 10.5 Å². The summed E-state index contributed by atoms with van der Waals surface area (Å²) >= 11 is 12.3. The molecule has 3 amide bonds. The summed E-state index contributed by atoms with van der Waals surface area (Å²) in [4.78, 5) is 39.3. The molecule has 2 heterocycles. The summed E-state index contributed by atoms with van der Waals surface area (Å²) in [5, 5.41) is 13.5. The van der Waals surface area contributed by atoms with Gasteiger partial charge in [-0.2, -0.15) is 0 Å². The zero-order chi connectivity index (χ0) is 21.8. The van der Waals surface area contributed by atoms with Crippen LogP contribution >= 0.6 is 23.2 Å². The SMILES string of the molecule is C=C(C)C1NC(=O)CC(c2cccc(Cl)c2)C12C(=O)N(C(=O)O)c1cc(Cl)ccc12. The molecule has 1 fully saturated rings. The molecular weight excluding hydrogens is 427 g/mol. The number of fused-ring (bicyclic) bond motifs is 2. The monoisotopic (exact) mass is 444 g/mol. The van der Waals surface area contributed by atoms with Crippen molar-refractivity contribution in [3.8, 4) is 0 Å². The van der Waals surface area contributed by atoms with Crippen LogP contribution in [-0.4, -0.2) is 29.1 Å². The summed E-state index contributed by atoms with van der Waals surface area (Å²) in [6.07, 6.45) is -1.42. The summed E-state index contributed by atoms with van der Waals surface area (Å²) in [5.74, 6) is -1.55. The van der Waals surface area contributed by atoms with E-state index in [1.165, 1.54) is 6.07 Å². The number of rotatable bonds is 2. The predicted molar refractivity (Wildman–Crippen MR) is 114 cm³/mol. The van der Waals surface area contributed by atoms with Crippen LogP contribution in [0.2, 0.25) is 10.0 Å². The third-order valence-electron chi connectivity index (χ3n) is 5.84. The Kier molecular flexibility index (Phi) is 4.87. The van der Waals surface area contributed by atoms with Gasteiger partial charge in [0.25, 0.3) is 0 Å². The molecule has 2 aliphatic rings. The van der Waals surface area contributed by atoms with E-state index in [1.807, 2.05) is 0 Å². The fourth-order valence-corrected chi connectivity index (χ4v) is 5.12. The van der Waals surface area contributed by atoms with Gasteiger partial charge in [-0.25, -0.2) is 9.69 Å². The van der Waals surface area contributed by atoms with Crippen molar-refractivity contribution in [1.82, 2.24) is 5.32 Å². The van der Waals surface area contributed by atoms with E-state index in [1.54, 1.807) is 43.3 Å². The van der Waals surface area contributed by atoms with Crippen molar-refractivity contribution in [2.45, 2.75) is 30.7 Å². The number of amides is 3. The molecule has 0 saturated carbocycles. The van der Waals surface area contributed by atoms with E-state index >= 15 is 0 Å². The molecule has 2 aromatic carbocycles. The summed E-state index contributed by atoms with van der Waals surface area (Å²) < 4.78 is 0. The third-order valence-corrected chi connectivity index (χ3v) is 6.31. The second-order valence-electron chi connectivity index (χ2n) is 7.61. The maximum absolute atomic E-state index is 13.9. The molecule has 1 saturated heterocycles. The number of imide groups is 1. The Bertz CT molecular complexity index is 1120. The Hall–Kier alpha value is -2.83. The van der Waals surface area contributed by atoms with Crippen LogP contribution in [0.15, 0.2) is 54.6 Å². The van der Waals surface area contributed by atoms with Crippen LogP contribution in [0, 0.1) is 0 Å². The lowest BCUT2D eigenvalue weighted by Gasteiger charge is -2.46. The van der Waals surface area contributed by atoms with Crippen molar-refractivity contribution >= 4 is 46.8 Å². The average Bonchev–Trinajstić information content (AvgIpc) is 2.91. The van der Waals surface area contributed by atoms with Gasteiger partial charge in [0.15, 0.2) is 0 Å². The Balaban J connectivity index is 2.08. The quantitative estimate of drug-likeness (QED) is 0.667. The minimum atomic E-state index is -1.41. The highest BCUT2D eigenvalue weighted by atomic mass is 35.5. The van der Waals surface area contributed by atoms with E-state index < -0.39 is 29.4 Å². The topological polar surface area (TPSA) is 86.7 Å². The molecule has 3 unspecified atom stereocenters. The number of halogens is 2. The smallest absolute Gasteiger partial charge is 0.418 e. The summed E-state index contributed by atoms with van der Waals surface area (Å²) in [7, 11) is 0. The number of hydrogen-bond acceptors (Lipinski definition) is 3. The largest absolute Gasteiger partial charge is 0.464 e. The Morgan fingerprint density at radius 1 is 1.20 bits per heavy atom. The first kappa shape index (κ1) is 20.4. The predicted octanol–water partition coefficient (Wildman–Crippen LogP) is 4.50. The molecule has 3 atom stereocenters. The van der Waals surface area contributed by atoms with Gasteiger partial charge in [0.1, 0.15) is 5.41 Å². The van der Waals surface area contributed by atoms with E-state index in [0.717, 1.165) is 0 Å². The molecule has 0 bridgehead atoms. The van der Waals surface area contributed by atoms with Crippen LogP contribution in [0.25, 0.3) is 0 Å². The highest BCUT2D eigenvalue weighted by Gasteiger charge is 2.64. The molecule has 4 rings (SSSR count). The van der Waals surface area contributed by atoms with Crippen molar-refractivity contribution in [1.29, 1.82) is 0 Å². The Morgan fingerprint density at radius 3 is 2.53 bits per heavy atom. The highest BCUT2D eigenvalue weighted by molar-refractivity contribution is 6.32. The first-order valence-corrected chi connectivity index (χ1v) is 10.0. The van der Waals surface area contributed by atoms with Gasteiger partial charge in [-0.3, -0.25) is 9.59 Å². The highest BCUT2D eigenvalue weighted by Crippen LogP contribution is 2.56. The van der Waals surface area contributed by atoms with E-state index in [-0.39, 0.29) is 18.0 Å². The van der Waals surface area contributed by atoms with Gasteiger partial charge in [-0.05, 0) is 42.3 Å². The van der Waals surface area contributed by atoms with Gasteiger partial charge in [0, 0.05) is 22.4 Å². The molecule has 8 heteroatoms. The first-order chi connectivity index (χ1) is 14.2. The number of anilines is 1. The molecule has 2 aliphatic heterocycles. The maximum atomic E-state index is 13.9. The van der Waals surface area contributed by atoms with Gasteiger partial charge in [0.2, 0.25) is 11.8 Å². The summed E-state index contributed by atoms with van der Waals surface area (Å²) in [6, 6.07) is 10.9. The minimum Gasteiger partial charge on any atom is -0.464 e. The summed E-state index contributed by atoms with van der Waals surface area (Å²) in [6.45, 7) is 5.70. The number of piperidine rings is 1. The number of carbonyl (C=O) groups excluding carboxylic acids is 2. The number of benzene rings is 2. The molecule has 2 N–H and O–H groups in total. The standard InChI is InChI=1S/C22H18Cl2N2O4/c1-11(2)19-22(16(10-18(27)25-19)12-4-3-5-13(23)8-12)15-7-6-14(24)9-17(15)26(20(22)28)21(29)30/h3-9,16,19H,1,10H2,2H3,(H,25,27)(H,29,30). The minimum absolute atomic E-state index is 0.00854. The molecule has 0 aliphatic carbocycles. The second kappa shape index (κ2) is 7.15. The van der Waals surface area contributed by atoms with Crippen molar-refractivity contribution in [3.05, 3.63) is 75.8 Å². The van der Waals surface area contributed by atoms with E-state index in [4.69, 9.17) is 23.2 Å². The number of nitrogens with zero attached hydrogens (tertiary/aromatic N) is 1. The van der Waals surface area contributed by atoms with Crippen molar-refractivity contribution in [3.63, 3.8) is 0 Å². The van der Waals surface area contributed by atoms with Crippen LogP contribution in [-0.2, 0) is 15.0 Å². The average molecular weight is 445 g/mol. The molecule has 6 nitrogen and oxygen atoms in total. The lowest BCUT2D eigenvalue weighted by Crippen LogP contribution is -2.63. The molecule has 154 valence electrons. The molecule has 30 heavy (non-hydrogen) atoms. The number of hydrogen-bond donors (Lipinski definition) is 2. The van der Waals surface area contributed by atoms with Crippen LogP contribution in [0.1, 0.15) is 30.4 Å². The van der Waals surface area contributed by atoms with E-state index in [9.17, 15) is 19.5 Å².